The first-order chi connectivity index (χ1) is 9.45. The fraction of sp³-hybridized carbons (Fsp3) is 0.667. The highest BCUT2D eigenvalue weighted by Gasteiger charge is 2.42. The minimum absolute atomic E-state index is 0.0322. The third-order valence-electron chi connectivity index (χ3n) is 4.91. The van der Waals surface area contributed by atoms with Gasteiger partial charge in [0.2, 0.25) is 0 Å². The first-order valence-corrected chi connectivity index (χ1v) is 7.24. The fourth-order valence-electron chi connectivity index (χ4n) is 3.98. The molecule has 0 aromatic carbocycles. The van der Waals surface area contributed by atoms with Crippen molar-refractivity contribution in [2.75, 3.05) is 5.32 Å². The van der Waals surface area contributed by atoms with Crippen molar-refractivity contribution >= 4 is 5.82 Å². The van der Waals surface area contributed by atoms with Crippen molar-refractivity contribution in [2.45, 2.75) is 44.8 Å². The lowest BCUT2D eigenvalue weighted by Crippen LogP contribution is -2.31. The number of pyridine rings is 1. The minimum atomic E-state index is -4.36. The average Bonchev–Trinajstić information content (AvgIpc) is 3.00. The molecule has 2 fully saturated rings. The van der Waals surface area contributed by atoms with Gasteiger partial charge < -0.3 is 5.32 Å². The maximum absolute atomic E-state index is 12.9. The highest BCUT2D eigenvalue weighted by molar-refractivity contribution is 5.46. The van der Waals surface area contributed by atoms with E-state index < -0.39 is 11.7 Å². The Kier molecular flexibility index (Phi) is 3.38. The van der Waals surface area contributed by atoms with Crippen LogP contribution in [0, 0.1) is 17.8 Å². The smallest absolute Gasteiger partial charge is 0.367 e. The summed E-state index contributed by atoms with van der Waals surface area (Å²) in [5, 5.41) is 3.01. The Morgan fingerprint density at radius 1 is 1.30 bits per heavy atom. The summed E-state index contributed by atoms with van der Waals surface area (Å²) in [6, 6.07) is 2.46. The van der Waals surface area contributed by atoms with Gasteiger partial charge in [-0.05, 0) is 56.1 Å². The lowest BCUT2D eigenvalue weighted by atomic mass is 9.84. The summed E-state index contributed by atoms with van der Waals surface area (Å²) < 4.78 is 38.8. The van der Waals surface area contributed by atoms with Crippen molar-refractivity contribution in [3.63, 3.8) is 0 Å². The number of rotatable bonds is 3. The first kappa shape index (κ1) is 13.7. The molecule has 2 bridgehead atoms. The monoisotopic (exact) mass is 284 g/mol. The maximum Gasteiger partial charge on any atom is 0.419 e. The van der Waals surface area contributed by atoms with E-state index in [9.17, 15) is 13.2 Å². The molecule has 5 heteroatoms. The van der Waals surface area contributed by atoms with Crippen LogP contribution in [0.4, 0.5) is 19.0 Å². The first-order valence-electron chi connectivity index (χ1n) is 7.24. The molecule has 3 rings (SSSR count). The maximum atomic E-state index is 12.9. The van der Waals surface area contributed by atoms with Crippen LogP contribution in [0.25, 0.3) is 0 Å². The topological polar surface area (TPSA) is 24.9 Å². The second-order valence-corrected chi connectivity index (χ2v) is 6.17. The molecule has 2 nitrogen and oxygen atoms in total. The van der Waals surface area contributed by atoms with E-state index in [-0.39, 0.29) is 11.9 Å². The molecule has 0 saturated heterocycles. The van der Waals surface area contributed by atoms with Gasteiger partial charge in [0.15, 0.2) is 0 Å². The van der Waals surface area contributed by atoms with Crippen molar-refractivity contribution in [2.24, 2.45) is 17.8 Å². The second kappa shape index (κ2) is 4.93. The van der Waals surface area contributed by atoms with Gasteiger partial charge in [-0.15, -0.1) is 0 Å². The van der Waals surface area contributed by atoms with Crippen molar-refractivity contribution in [1.29, 1.82) is 0 Å². The molecule has 1 heterocycles. The molecule has 1 aromatic heterocycles. The lowest BCUT2D eigenvalue weighted by molar-refractivity contribution is -0.137. The van der Waals surface area contributed by atoms with Gasteiger partial charge in [-0.2, -0.15) is 13.2 Å². The number of alkyl halides is 3. The van der Waals surface area contributed by atoms with E-state index in [0.29, 0.717) is 11.8 Å². The van der Waals surface area contributed by atoms with E-state index in [1.165, 1.54) is 31.5 Å². The van der Waals surface area contributed by atoms with Crippen LogP contribution in [0.15, 0.2) is 18.3 Å². The molecular weight excluding hydrogens is 265 g/mol. The summed E-state index contributed by atoms with van der Waals surface area (Å²) in [6.45, 7) is 1.99. The van der Waals surface area contributed by atoms with Crippen molar-refractivity contribution in [3.05, 3.63) is 23.9 Å². The third-order valence-corrected chi connectivity index (χ3v) is 4.91. The van der Waals surface area contributed by atoms with E-state index in [0.717, 1.165) is 18.4 Å². The Hall–Kier alpha value is -1.26. The summed E-state index contributed by atoms with van der Waals surface area (Å²) >= 11 is 0. The normalized spacial score (nSPS) is 30.5. The zero-order valence-corrected chi connectivity index (χ0v) is 11.5. The summed E-state index contributed by atoms with van der Waals surface area (Å²) in [4.78, 5) is 3.89. The van der Waals surface area contributed by atoms with Gasteiger partial charge in [-0.1, -0.05) is 6.42 Å². The summed E-state index contributed by atoms with van der Waals surface area (Å²) in [7, 11) is 0. The van der Waals surface area contributed by atoms with Gasteiger partial charge in [-0.25, -0.2) is 4.98 Å². The molecule has 0 amide bonds. The molecule has 2 aliphatic rings. The standard InChI is InChI=1S/C15H19F3N2/c1-9(12-8-10-4-5-11(12)7-10)20-14-13(15(16,17)18)3-2-6-19-14/h2-3,6,9-12H,4-5,7-8H2,1H3,(H,19,20). The lowest BCUT2D eigenvalue weighted by Gasteiger charge is -2.29. The quantitative estimate of drug-likeness (QED) is 0.893. The largest absolute Gasteiger partial charge is 0.419 e. The molecule has 0 radical (unpaired) electrons. The van der Waals surface area contributed by atoms with Gasteiger partial charge in [0.1, 0.15) is 5.82 Å². The van der Waals surface area contributed by atoms with Crippen LogP contribution >= 0.6 is 0 Å². The molecule has 2 aliphatic carbocycles. The van der Waals surface area contributed by atoms with E-state index in [4.69, 9.17) is 0 Å². The number of aromatic nitrogens is 1. The number of anilines is 1. The predicted octanol–water partition coefficient (Wildman–Crippen LogP) is 4.34. The summed E-state index contributed by atoms with van der Waals surface area (Å²) in [5.41, 5.74) is -0.671. The Morgan fingerprint density at radius 3 is 2.70 bits per heavy atom. The molecular formula is C15H19F3N2. The van der Waals surface area contributed by atoms with Crippen LogP contribution in [0.2, 0.25) is 0 Å². The van der Waals surface area contributed by atoms with Gasteiger partial charge in [0.05, 0.1) is 5.56 Å². The van der Waals surface area contributed by atoms with Crippen LogP contribution in [0.3, 0.4) is 0 Å². The van der Waals surface area contributed by atoms with Crippen LogP contribution in [0.1, 0.15) is 38.2 Å². The fourth-order valence-corrected chi connectivity index (χ4v) is 3.98. The van der Waals surface area contributed by atoms with Crippen LogP contribution in [0.5, 0.6) is 0 Å². The van der Waals surface area contributed by atoms with Crippen LogP contribution < -0.4 is 5.32 Å². The van der Waals surface area contributed by atoms with Crippen molar-refractivity contribution in [1.82, 2.24) is 4.98 Å². The molecule has 20 heavy (non-hydrogen) atoms. The molecule has 0 spiro atoms. The Labute approximate surface area is 116 Å². The summed E-state index contributed by atoms with van der Waals surface area (Å²) in [5.74, 6) is 1.92. The third kappa shape index (κ3) is 2.50. The van der Waals surface area contributed by atoms with Gasteiger partial charge >= 0.3 is 6.18 Å². The predicted molar refractivity (Wildman–Crippen MR) is 71.3 cm³/mol. The highest BCUT2D eigenvalue weighted by atomic mass is 19.4. The van der Waals surface area contributed by atoms with Gasteiger partial charge in [0.25, 0.3) is 0 Å². The zero-order valence-electron chi connectivity index (χ0n) is 11.5. The van der Waals surface area contributed by atoms with E-state index in [1.807, 2.05) is 6.92 Å². The Bertz CT molecular complexity index is 486. The molecule has 4 unspecified atom stereocenters. The number of nitrogens with one attached hydrogen (secondary N) is 1. The number of hydrogen-bond acceptors (Lipinski definition) is 2. The Balaban J connectivity index is 1.75. The molecule has 0 aliphatic heterocycles. The molecule has 2 saturated carbocycles. The summed E-state index contributed by atoms with van der Waals surface area (Å²) in [6.07, 6.45) is 1.98. The number of halogens is 3. The zero-order chi connectivity index (χ0) is 14.3. The van der Waals surface area contributed by atoms with E-state index in [2.05, 4.69) is 10.3 Å². The van der Waals surface area contributed by atoms with E-state index >= 15 is 0 Å². The minimum Gasteiger partial charge on any atom is -0.367 e. The number of fused-ring (bicyclic) bond motifs is 2. The number of nitrogens with zero attached hydrogens (tertiary/aromatic N) is 1. The molecule has 110 valence electrons. The van der Waals surface area contributed by atoms with Crippen LogP contribution in [-0.4, -0.2) is 11.0 Å². The second-order valence-electron chi connectivity index (χ2n) is 6.17. The molecule has 1 aromatic rings. The highest BCUT2D eigenvalue weighted by Crippen LogP contribution is 2.50. The van der Waals surface area contributed by atoms with Gasteiger partial charge in [-0.3, -0.25) is 0 Å². The Morgan fingerprint density at radius 2 is 2.10 bits per heavy atom. The number of hydrogen-bond donors (Lipinski definition) is 1. The van der Waals surface area contributed by atoms with Crippen molar-refractivity contribution in [3.8, 4) is 0 Å². The van der Waals surface area contributed by atoms with Gasteiger partial charge in [0, 0.05) is 12.2 Å². The van der Waals surface area contributed by atoms with E-state index in [1.54, 1.807) is 0 Å². The SMILES string of the molecule is CC(Nc1ncccc1C(F)(F)F)C1CC2CCC1C2. The average molecular weight is 284 g/mol. The van der Waals surface area contributed by atoms with Crippen molar-refractivity contribution < 1.29 is 13.2 Å². The molecule has 1 N–H and O–H groups in total. The van der Waals surface area contributed by atoms with Crippen LogP contribution in [-0.2, 0) is 6.18 Å². The molecule has 4 atom stereocenters.